The summed E-state index contributed by atoms with van der Waals surface area (Å²) in [6, 6.07) is 0. The number of fused-ring (bicyclic) bond motifs is 7. The molecule has 0 aromatic heterocycles. The van der Waals surface area contributed by atoms with Crippen molar-refractivity contribution in [3.05, 3.63) is 11.6 Å². The first-order valence-corrected chi connectivity index (χ1v) is 15.3. The van der Waals surface area contributed by atoms with Gasteiger partial charge in [-0.1, -0.05) is 53.2 Å². The van der Waals surface area contributed by atoms with Crippen molar-refractivity contribution in [2.75, 3.05) is 0 Å². The van der Waals surface area contributed by atoms with E-state index in [1.807, 2.05) is 6.92 Å². The molecule has 0 radical (unpaired) electrons. The lowest BCUT2D eigenvalue weighted by Gasteiger charge is -2.71. The van der Waals surface area contributed by atoms with Crippen LogP contribution in [0.5, 0.6) is 0 Å². The van der Waals surface area contributed by atoms with Gasteiger partial charge in [-0.15, -0.1) is 0 Å². The van der Waals surface area contributed by atoms with Crippen molar-refractivity contribution in [1.29, 1.82) is 0 Å². The second-order valence-electron chi connectivity index (χ2n) is 15.0. The Kier molecular flexibility index (Phi) is 5.84. The lowest BCUT2D eigenvalue weighted by molar-refractivity contribution is -0.194. The zero-order valence-electron chi connectivity index (χ0n) is 23.1. The number of aliphatic hydroxyl groups excluding tert-OH is 1. The quantitative estimate of drug-likeness (QED) is 0.351. The van der Waals surface area contributed by atoms with Crippen LogP contribution in [-0.4, -0.2) is 36.1 Å². The number of carboxylic acids is 1. The number of hydrogen-bond donors (Lipinski definition) is 2. The summed E-state index contributed by atoms with van der Waals surface area (Å²) in [6.45, 7) is 13.8. The molecule has 0 bridgehead atoms. The van der Waals surface area contributed by atoms with Gasteiger partial charge in [0.15, 0.2) is 0 Å². The van der Waals surface area contributed by atoms with Crippen molar-refractivity contribution in [2.24, 2.45) is 50.2 Å². The van der Waals surface area contributed by atoms with Crippen LogP contribution in [-0.2, 0) is 15.1 Å². The van der Waals surface area contributed by atoms with Crippen LogP contribution in [0.3, 0.4) is 0 Å². The van der Waals surface area contributed by atoms with Gasteiger partial charge < -0.3 is 10.2 Å². The average molecular weight is 519 g/mol. The molecule has 5 aliphatic rings. The van der Waals surface area contributed by atoms with Crippen LogP contribution in [0.2, 0.25) is 0 Å². The van der Waals surface area contributed by atoms with E-state index in [1.54, 1.807) is 0 Å². The molecule has 0 heterocycles. The smallest absolute Gasteiger partial charge is 0.310 e. The Morgan fingerprint density at radius 1 is 0.944 bits per heavy atom. The minimum absolute atomic E-state index is 0.0222. The van der Waals surface area contributed by atoms with Gasteiger partial charge in [-0.05, 0) is 104 Å². The molecule has 0 amide bonds. The van der Waals surface area contributed by atoms with Gasteiger partial charge in [0.1, 0.15) is 0 Å². The van der Waals surface area contributed by atoms with E-state index in [2.05, 4.69) is 40.7 Å². The third kappa shape index (κ3) is 3.28. The van der Waals surface area contributed by atoms with Gasteiger partial charge in [-0.2, -0.15) is 8.42 Å². The Hall–Kier alpha value is -1.14. The molecule has 5 aliphatic carbocycles. The van der Waals surface area contributed by atoms with E-state index in [0.29, 0.717) is 12.3 Å². The maximum atomic E-state index is 12.8. The predicted octanol–water partition coefficient (Wildman–Crippen LogP) is 5.90. The van der Waals surface area contributed by atoms with E-state index >= 15 is 0 Å². The lowest BCUT2D eigenvalue weighted by atomic mass is 9.33. The molecule has 4 fully saturated rings. The molecule has 6 heteroatoms. The molecule has 2 N–H and O–H groups in total. The van der Waals surface area contributed by atoms with Crippen LogP contribution in [0.25, 0.3) is 0 Å². The fraction of sp³-hybridized carbons (Fsp3) is 0.867. The summed E-state index contributed by atoms with van der Waals surface area (Å²) >= 11 is 0. The topological polar surface area (TPSA) is 91.7 Å². The summed E-state index contributed by atoms with van der Waals surface area (Å²) < 4.78 is 23.7. The molecular formula is C30H46O5S. The van der Waals surface area contributed by atoms with Crippen molar-refractivity contribution in [2.45, 2.75) is 112 Å². The van der Waals surface area contributed by atoms with Gasteiger partial charge in [0.2, 0.25) is 10.3 Å². The average Bonchev–Trinajstić information content (AvgIpc) is 2.76. The fourth-order valence-electron chi connectivity index (χ4n) is 10.7. The minimum Gasteiger partial charge on any atom is -0.481 e. The summed E-state index contributed by atoms with van der Waals surface area (Å²) in [5, 5.41) is 22.9. The molecule has 0 aromatic rings. The molecule has 0 aromatic carbocycles. The zero-order valence-corrected chi connectivity index (χ0v) is 23.9. The van der Waals surface area contributed by atoms with Crippen LogP contribution in [0.15, 0.2) is 11.6 Å². The first-order valence-electron chi connectivity index (χ1n) is 14.1. The number of carboxylic acid groups (broad SMARTS) is 1. The SMILES string of the molecule is CC1(C)CC[C@]2(C(=O)O)CC[C@]3(C)C(=CC[C@@H]4[C@@]5(C)CCC(O)C(C)(C=S(=O)=O)C5CC[C@]43C)[C@H]2C1. The third-order valence-corrected chi connectivity index (χ3v) is 13.8. The highest BCUT2D eigenvalue weighted by atomic mass is 32.2. The van der Waals surface area contributed by atoms with Crippen LogP contribution < -0.4 is 0 Å². The molecule has 0 spiro atoms. The Bertz CT molecular complexity index is 1130. The molecule has 0 aliphatic heterocycles. The van der Waals surface area contributed by atoms with Crippen LogP contribution in [0, 0.1) is 50.2 Å². The van der Waals surface area contributed by atoms with E-state index in [1.165, 1.54) is 10.9 Å². The first kappa shape index (κ1) is 26.5. The van der Waals surface area contributed by atoms with Gasteiger partial charge in [-0.3, -0.25) is 4.79 Å². The highest BCUT2D eigenvalue weighted by Gasteiger charge is 2.69. The largest absolute Gasteiger partial charge is 0.481 e. The summed E-state index contributed by atoms with van der Waals surface area (Å²) in [6.07, 6.45) is 10.5. The van der Waals surface area contributed by atoms with E-state index in [-0.39, 0.29) is 33.5 Å². The predicted molar refractivity (Wildman–Crippen MR) is 142 cm³/mol. The molecule has 4 saturated carbocycles. The van der Waals surface area contributed by atoms with Gasteiger partial charge in [0.05, 0.1) is 11.5 Å². The maximum Gasteiger partial charge on any atom is 0.310 e. The van der Waals surface area contributed by atoms with Gasteiger partial charge in [-0.25, -0.2) is 0 Å². The standard InChI is InChI=1S/C30H46O5S/c1-25(2)13-15-30(24(32)33)16-14-28(5)19(20(30)17-25)7-8-22-26(3)11-10-23(31)27(4,18-36(34)35)21(26)9-12-29(22,28)6/h7,18,20-23,31H,8-17H2,1-6H3,(H,32,33)/t20-,21?,22-,23?,26+,27?,28-,29-,30+/m1/s1. The van der Waals surface area contributed by atoms with Crippen molar-refractivity contribution in [1.82, 2.24) is 0 Å². The highest BCUT2D eigenvalue weighted by Crippen LogP contribution is 2.75. The monoisotopic (exact) mass is 518 g/mol. The van der Waals surface area contributed by atoms with E-state index in [4.69, 9.17) is 0 Å². The fourth-order valence-corrected chi connectivity index (χ4v) is 11.5. The van der Waals surface area contributed by atoms with Crippen LogP contribution >= 0.6 is 0 Å². The van der Waals surface area contributed by atoms with Crippen LogP contribution in [0.1, 0.15) is 106 Å². The molecular weight excluding hydrogens is 472 g/mol. The molecule has 9 atom stereocenters. The number of aliphatic hydroxyl groups is 1. The second kappa shape index (κ2) is 7.94. The number of aliphatic carboxylic acids is 1. The van der Waals surface area contributed by atoms with Crippen molar-refractivity contribution in [3.8, 4) is 0 Å². The highest BCUT2D eigenvalue weighted by molar-refractivity contribution is 7.71. The number of hydrogen-bond acceptors (Lipinski definition) is 4. The van der Waals surface area contributed by atoms with E-state index in [0.717, 1.165) is 57.8 Å². The van der Waals surface area contributed by atoms with Gasteiger partial charge in [0, 0.05) is 10.8 Å². The lowest BCUT2D eigenvalue weighted by Crippen LogP contribution is -2.65. The summed E-state index contributed by atoms with van der Waals surface area (Å²) in [5.74, 6) is -0.0205. The normalized spacial score (nSPS) is 51.5. The van der Waals surface area contributed by atoms with Crippen molar-refractivity contribution >= 4 is 21.6 Å². The third-order valence-electron chi connectivity index (χ3n) is 13.1. The van der Waals surface area contributed by atoms with Crippen LogP contribution in [0.4, 0.5) is 0 Å². The molecule has 5 nitrogen and oxygen atoms in total. The van der Waals surface area contributed by atoms with Gasteiger partial charge in [0.25, 0.3) is 0 Å². The number of carbonyl (C=O) groups is 1. The van der Waals surface area contributed by atoms with Crippen molar-refractivity contribution < 1.29 is 23.4 Å². The zero-order chi connectivity index (χ0) is 26.5. The summed E-state index contributed by atoms with van der Waals surface area (Å²) in [5.41, 5.74) is 0.0725. The van der Waals surface area contributed by atoms with Crippen molar-refractivity contribution in [3.63, 3.8) is 0 Å². The Morgan fingerprint density at radius 3 is 2.25 bits per heavy atom. The maximum absolute atomic E-state index is 12.8. The van der Waals surface area contributed by atoms with E-state index in [9.17, 15) is 23.4 Å². The Labute approximate surface area is 218 Å². The van der Waals surface area contributed by atoms with Gasteiger partial charge >= 0.3 is 5.97 Å². The summed E-state index contributed by atoms with van der Waals surface area (Å²) in [4.78, 5) is 12.8. The second-order valence-corrected chi connectivity index (χ2v) is 15.7. The molecule has 202 valence electrons. The van der Waals surface area contributed by atoms with E-state index < -0.39 is 33.2 Å². The minimum atomic E-state index is -2.32. The molecule has 36 heavy (non-hydrogen) atoms. The number of allylic oxidation sites excluding steroid dienone is 2. The number of rotatable bonds is 2. The molecule has 3 unspecified atom stereocenters. The first-order chi connectivity index (χ1) is 16.6. The Balaban J connectivity index is 1.61. The molecule has 5 rings (SSSR count). The Morgan fingerprint density at radius 2 is 1.61 bits per heavy atom. The summed E-state index contributed by atoms with van der Waals surface area (Å²) in [7, 11) is -2.32. The molecule has 0 saturated heterocycles.